The van der Waals surface area contributed by atoms with Crippen LogP contribution in [0.5, 0.6) is 0 Å². The third-order valence-electron chi connectivity index (χ3n) is 1.73. The first-order valence-electron chi connectivity index (χ1n) is 5.21. The predicted molar refractivity (Wildman–Crippen MR) is 57.7 cm³/mol. The first-order chi connectivity index (χ1) is 7.24. The Hall–Kier alpha value is -1.10. The summed E-state index contributed by atoms with van der Waals surface area (Å²) in [5.74, 6) is -0.867. The molecule has 0 aliphatic rings. The quantitative estimate of drug-likeness (QED) is 0.717. The van der Waals surface area contributed by atoms with Crippen molar-refractivity contribution in [1.29, 1.82) is 0 Å². The number of esters is 2. The van der Waals surface area contributed by atoms with E-state index in [1.807, 2.05) is 0 Å². The summed E-state index contributed by atoms with van der Waals surface area (Å²) in [5, 5.41) is 9.39. The van der Waals surface area contributed by atoms with E-state index >= 15 is 0 Å². The number of carbonyl (C=O) groups excluding carboxylic acids is 2. The molecular weight excluding hydrogens is 212 g/mol. The van der Waals surface area contributed by atoms with Gasteiger partial charge in [0.1, 0.15) is 5.60 Å². The van der Waals surface area contributed by atoms with Crippen LogP contribution in [0.15, 0.2) is 0 Å². The normalized spacial score (nSPS) is 13.1. The van der Waals surface area contributed by atoms with E-state index in [-0.39, 0.29) is 25.2 Å². The smallest absolute Gasteiger partial charge is 0.308 e. The lowest BCUT2D eigenvalue weighted by Gasteiger charge is -2.19. The van der Waals surface area contributed by atoms with Crippen molar-refractivity contribution in [3.8, 4) is 0 Å². The lowest BCUT2D eigenvalue weighted by atomic mass is 10.1. The molecule has 0 unspecified atom stereocenters. The van der Waals surface area contributed by atoms with Gasteiger partial charge in [0, 0.05) is 6.42 Å². The van der Waals surface area contributed by atoms with Gasteiger partial charge < -0.3 is 14.6 Å². The van der Waals surface area contributed by atoms with E-state index in [1.165, 1.54) is 7.11 Å². The summed E-state index contributed by atoms with van der Waals surface area (Å²) in [5.41, 5.74) is -0.523. The van der Waals surface area contributed by atoms with Gasteiger partial charge in [-0.25, -0.2) is 0 Å². The summed E-state index contributed by atoms with van der Waals surface area (Å²) < 4.78 is 9.45. The molecule has 0 saturated carbocycles. The molecule has 0 aliphatic carbocycles. The maximum absolute atomic E-state index is 11.3. The van der Waals surface area contributed by atoms with Gasteiger partial charge in [0.05, 0.1) is 19.6 Å². The van der Waals surface area contributed by atoms with Gasteiger partial charge in [-0.1, -0.05) is 0 Å². The summed E-state index contributed by atoms with van der Waals surface area (Å²) in [7, 11) is 1.25. The van der Waals surface area contributed by atoms with E-state index in [1.54, 1.807) is 20.8 Å². The summed E-state index contributed by atoms with van der Waals surface area (Å²) in [6.45, 7) is 5.32. The summed E-state index contributed by atoms with van der Waals surface area (Å²) in [4.78, 5) is 22.1. The number of hydrogen-bond acceptors (Lipinski definition) is 5. The van der Waals surface area contributed by atoms with Crippen LogP contribution in [0.2, 0.25) is 0 Å². The van der Waals surface area contributed by atoms with Crippen molar-refractivity contribution in [2.75, 3.05) is 7.11 Å². The summed E-state index contributed by atoms with van der Waals surface area (Å²) in [6.07, 6.45) is -0.668. The van der Waals surface area contributed by atoms with E-state index in [0.717, 1.165) is 0 Å². The molecule has 0 heterocycles. The highest BCUT2D eigenvalue weighted by Gasteiger charge is 2.18. The topological polar surface area (TPSA) is 72.8 Å². The van der Waals surface area contributed by atoms with E-state index in [9.17, 15) is 14.7 Å². The highest BCUT2D eigenvalue weighted by molar-refractivity contribution is 5.71. The van der Waals surface area contributed by atoms with Crippen molar-refractivity contribution in [2.24, 2.45) is 0 Å². The fourth-order valence-corrected chi connectivity index (χ4v) is 1.05. The molecule has 0 saturated heterocycles. The van der Waals surface area contributed by atoms with Crippen molar-refractivity contribution in [3.63, 3.8) is 0 Å². The van der Waals surface area contributed by atoms with Gasteiger partial charge in [-0.05, 0) is 27.2 Å². The minimum atomic E-state index is -0.861. The van der Waals surface area contributed by atoms with Gasteiger partial charge in [0.25, 0.3) is 0 Å². The lowest BCUT2D eigenvalue weighted by Crippen LogP contribution is -2.25. The fourth-order valence-electron chi connectivity index (χ4n) is 1.05. The van der Waals surface area contributed by atoms with Gasteiger partial charge >= 0.3 is 11.9 Å². The zero-order valence-corrected chi connectivity index (χ0v) is 10.3. The van der Waals surface area contributed by atoms with Crippen molar-refractivity contribution in [1.82, 2.24) is 0 Å². The van der Waals surface area contributed by atoms with Gasteiger partial charge in [0.15, 0.2) is 0 Å². The molecule has 0 aromatic carbocycles. The first-order valence-corrected chi connectivity index (χ1v) is 5.21. The minimum Gasteiger partial charge on any atom is -0.469 e. The Morgan fingerprint density at radius 2 is 1.81 bits per heavy atom. The average molecular weight is 232 g/mol. The van der Waals surface area contributed by atoms with Crippen molar-refractivity contribution in [3.05, 3.63) is 0 Å². The Morgan fingerprint density at radius 1 is 1.25 bits per heavy atom. The molecule has 0 bridgehead atoms. The lowest BCUT2D eigenvalue weighted by molar-refractivity contribution is -0.156. The number of aliphatic hydroxyl groups is 1. The molecular formula is C11H20O5. The maximum atomic E-state index is 11.3. The number of rotatable bonds is 5. The number of ether oxygens (including phenoxy) is 2. The fraction of sp³-hybridized carbons (Fsp3) is 0.818. The number of carbonyl (C=O) groups is 2. The molecule has 0 aromatic rings. The molecule has 1 atom stereocenters. The monoisotopic (exact) mass is 232 g/mol. The molecule has 5 heteroatoms. The third-order valence-corrected chi connectivity index (χ3v) is 1.73. The molecule has 16 heavy (non-hydrogen) atoms. The van der Waals surface area contributed by atoms with E-state index in [0.29, 0.717) is 0 Å². The van der Waals surface area contributed by atoms with Gasteiger partial charge in [-0.3, -0.25) is 9.59 Å². The Kier molecular flexibility index (Phi) is 6.03. The second kappa shape index (κ2) is 6.48. The standard InChI is InChI=1S/C11H20O5/c1-11(2,3)16-9(13)6-5-8(12)7-10(14)15-4/h8,12H,5-7H2,1-4H3/t8-/m0/s1. The zero-order chi connectivity index (χ0) is 12.8. The second-order valence-corrected chi connectivity index (χ2v) is 4.56. The molecule has 0 radical (unpaired) electrons. The van der Waals surface area contributed by atoms with Crippen molar-refractivity contribution >= 4 is 11.9 Å². The molecule has 0 amide bonds. The van der Waals surface area contributed by atoms with Crippen LogP contribution >= 0.6 is 0 Å². The van der Waals surface area contributed by atoms with Crippen LogP contribution in [0.25, 0.3) is 0 Å². The summed E-state index contributed by atoms with van der Waals surface area (Å²) in [6, 6.07) is 0. The maximum Gasteiger partial charge on any atom is 0.308 e. The Labute approximate surface area is 95.7 Å². The van der Waals surface area contributed by atoms with Gasteiger partial charge in [-0.15, -0.1) is 0 Å². The van der Waals surface area contributed by atoms with Crippen LogP contribution in [0.3, 0.4) is 0 Å². The van der Waals surface area contributed by atoms with Crippen molar-refractivity contribution in [2.45, 2.75) is 51.7 Å². The second-order valence-electron chi connectivity index (χ2n) is 4.56. The summed E-state index contributed by atoms with van der Waals surface area (Å²) >= 11 is 0. The Bertz CT molecular complexity index is 241. The van der Waals surface area contributed by atoms with Crippen LogP contribution < -0.4 is 0 Å². The molecule has 0 aromatic heterocycles. The molecule has 0 rings (SSSR count). The predicted octanol–water partition coefficient (Wildman–Crippen LogP) is 1.03. The molecule has 0 spiro atoms. The van der Waals surface area contributed by atoms with Gasteiger partial charge in [0.2, 0.25) is 0 Å². The third kappa shape index (κ3) is 8.23. The minimum absolute atomic E-state index is 0.0927. The highest BCUT2D eigenvalue weighted by atomic mass is 16.6. The highest BCUT2D eigenvalue weighted by Crippen LogP contribution is 2.11. The van der Waals surface area contributed by atoms with Crippen LogP contribution in [-0.2, 0) is 19.1 Å². The number of aliphatic hydroxyl groups excluding tert-OH is 1. The molecule has 0 aliphatic heterocycles. The zero-order valence-electron chi connectivity index (χ0n) is 10.3. The Morgan fingerprint density at radius 3 is 2.25 bits per heavy atom. The van der Waals surface area contributed by atoms with E-state index in [4.69, 9.17) is 4.74 Å². The SMILES string of the molecule is COC(=O)C[C@@H](O)CCC(=O)OC(C)(C)C. The van der Waals surface area contributed by atoms with Crippen LogP contribution in [0.4, 0.5) is 0 Å². The van der Waals surface area contributed by atoms with Gasteiger partial charge in [-0.2, -0.15) is 0 Å². The number of methoxy groups -OCH3 is 1. The molecule has 94 valence electrons. The largest absolute Gasteiger partial charge is 0.469 e. The van der Waals surface area contributed by atoms with Crippen molar-refractivity contribution < 1.29 is 24.2 Å². The average Bonchev–Trinajstić information content (AvgIpc) is 2.12. The number of hydrogen-bond donors (Lipinski definition) is 1. The van der Waals surface area contributed by atoms with Crippen LogP contribution in [-0.4, -0.2) is 35.9 Å². The molecule has 5 nitrogen and oxygen atoms in total. The molecule has 0 fully saturated rings. The van der Waals surface area contributed by atoms with E-state index < -0.39 is 17.7 Å². The van der Waals surface area contributed by atoms with E-state index in [2.05, 4.69) is 4.74 Å². The molecule has 1 N–H and O–H groups in total. The Balaban J connectivity index is 3.79. The van der Waals surface area contributed by atoms with Crippen LogP contribution in [0.1, 0.15) is 40.0 Å². The first kappa shape index (κ1) is 14.9. The van der Waals surface area contributed by atoms with Crippen LogP contribution in [0, 0.1) is 0 Å².